The molecular weight excluding hydrogens is 297 g/mol. The molecule has 0 saturated carbocycles. The molecule has 0 aliphatic heterocycles. The summed E-state index contributed by atoms with van der Waals surface area (Å²) in [6, 6.07) is 9.94. The van der Waals surface area contributed by atoms with Gasteiger partial charge >= 0.3 is 0 Å². The summed E-state index contributed by atoms with van der Waals surface area (Å²) in [5.74, 6) is 0.740. The fourth-order valence-corrected chi connectivity index (χ4v) is 2.19. The van der Waals surface area contributed by atoms with Crippen molar-refractivity contribution < 1.29 is 13.2 Å². The number of allylic oxidation sites excluding steroid dienone is 4. The molecule has 0 N–H and O–H groups in total. The van der Waals surface area contributed by atoms with Gasteiger partial charge in [0.25, 0.3) is 0 Å². The third-order valence-corrected chi connectivity index (χ3v) is 3.41. The summed E-state index contributed by atoms with van der Waals surface area (Å²) in [5.41, 5.74) is 1.89. The first-order valence-corrected chi connectivity index (χ1v) is 6.99. The lowest BCUT2D eigenvalue weighted by Gasteiger charge is -2.06. The van der Waals surface area contributed by atoms with E-state index in [0.29, 0.717) is 16.7 Å². The molecular formula is C20H15F3. The molecule has 0 fully saturated rings. The van der Waals surface area contributed by atoms with Gasteiger partial charge < -0.3 is 0 Å². The van der Waals surface area contributed by atoms with Crippen LogP contribution in [0.5, 0.6) is 0 Å². The number of rotatable bonds is 3. The standard InChI is InChI=1S/C20H15F3/c1-4-17(15-6-8-16(21)9-7-15)20(23)12-14(3)18-10-5-13(2)11-19(18)22/h1,5-12H,2-3H3/b14-12+,20-17-. The summed E-state index contributed by atoms with van der Waals surface area (Å²) in [7, 11) is 0. The van der Waals surface area contributed by atoms with Crippen LogP contribution in [0.3, 0.4) is 0 Å². The molecule has 0 nitrogen and oxygen atoms in total. The first-order valence-electron chi connectivity index (χ1n) is 6.99. The molecule has 0 amide bonds. The van der Waals surface area contributed by atoms with Crippen molar-refractivity contribution in [3.05, 3.63) is 82.7 Å². The van der Waals surface area contributed by atoms with Crippen LogP contribution in [0.15, 0.2) is 54.4 Å². The maximum absolute atomic E-state index is 14.4. The number of aryl methyl sites for hydroxylation is 1. The van der Waals surface area contributed by atoms with Gasteiger partial charge in [-0.2, -0.15) is 0 Å². The van der Waals surface area contributed by atoms with Crippen LogP contribution in [0.2, 0.25) is 0 Å². The average molecular weight is 312 g/mol. The van der Waals surface area contributed by atoms with E-state index in [1.165, 1.54) is 36.4 Å². The Bertz CT molecular complexity index is 819. The molecule has 116 valence electrons. The molecule has 0 bridgehead atoms. The highest BCUT2D eigenvalue weighted by atomic mass is 19.1. The fraction of sp³-hybridized carbons (Fsp3) is 0.100. The number of benzene rings is 2. The second-order valence-corrected chi connectivity index (χ2v) is 5.18. The van der Waals surface area contributed by atoms with Crippen LogP contribution in [0.1, 0.15) is 23.6 Å². The zero-order valence-corrected chi connectivity index (χ0v) is 12.8. The van der Waals surface area contributed by atoms with E-state index >= 15 is 0 Å². The van der Waals surface area contributed by atoms with Crippen molar-refractivity contribution in [1.29, 1.82) is 0 Å². The molecule has 0 aliphatic rings. The summed E-state index contributed by atoms with van der Waals surface area (Å²) in [4.78, 5) is 0. The highest BCUT2D eigenvalue weighted by molar-refractivity contribution is 5.83. The van der Waals surface area contributed by atoms with Crippen LogP contribution >= 0.6 is 0 Å². The van der Waals surface area contributed by atoms with Crippen molar-refractivity contribution in [3.63, 3.8) is 0 Å². The monoisotopic (exact) mass is 312 g/mol. The van der Waals surface area contributed by atoms with Crippen LogP contribution in [0, 0.1) is 30.9 Å². The normalized spacial score (nSPS) is 12.6. The average Bonchev–Trinajstić information content (AvgIpc) is 2.49. The number of hydrogen-bond donors (Lipinski definition) is 0. The van der Waals surface area contributed by atoms with Gasteiger partial charge in [-0.1, -0.05) is 30.2 Å². The summed E-state index contributed by atoms with van der Waals surface area (Å²) in [6.45, 7) is 3.38. The van der Waals surface area contributed by atoms with Gasteiger partial charge in [-0.25, -0.2) is 13.2 Å². The molecule has 0 heterocycles. The number of halogens is 3. The highest BCUT2D eigenvalue weighted by Gasteiger charge is 2.09. The van der Waals surface area contributed by atoms with Gasteiger partial charge in [0, 0.05) is 5.56 Å². The van der Waals surface area contributed by atoms with Crippen molar-refractivity contribution >= 4 is 11.1 Å². The van der Waals surface area contributed by atoms with E-state index in [-0.39, 0.29) is 5.57 Å². The fourth-order valence-electron chi connectivity index (χ4n) is 2.19. The zero-order chi connectivity index (χ0) is 17.0. The van der Waals surface area contributed by atoms with E-state index in [2.05, 4.69) is 5.92 Å². The predicted molar refractivity (Wildman–Crippen MR) is 88.0 cm³/mol. The lowest BCUT2D eigenvalue weighted by molar-refractivity contribution is 0.622. The van der Waals surface area contributed by atoms with E-state index in [0.717, 1.165) is 5.56 Å². The van der Waals surface area contributed by atoms with Gasteiger partial charge in [-0.15, -0.1) is 6.42 Å². The maximum atomic E-state index is 14.4. The molecule has 2 aromatic carbocycles. The molecule has 0 aromatic heterocycles. The molecule has 0 radical (unpaired) electrons. The first kappa shape index (κ1) is 16.6. The zero-order valence-electron chi connectivity index (χ0n) is 12.8. The number of hydrogen-bond acceptors (Lipinski definition) is 0. The molecule has 0 saturated heterocycles. The first-order chi connectivity index (χ1) is 10.9. The summed E-state index contributed by atoms with van der Waals surface area (Å²) in [5, 5.41) is 0. The van der Waals surface area contributed by atoms with E-state index in [4.69, 9.17) is 6.42 Å². The van der Waals surface area contributed by atoms with Gasteiger partial charge in [0.15, 0.2) is 0 Å². The summed E-state index contributed by atoms with van der Waals surface area (Å²) < 4.78 is 41.3. The maximum Gasteiger partial charge on any atom is 0.139 e. The largest absolute Gasteiger partial charge is 0.207 e. The van der Waals surface area contributed by atoms with Gasteiger partial charge in [0.2, 0.25) is 0 Å². The van der Waals surface area contributed by atoms with Crippen LogP contribution < -0.4 is 0 Å². The van der Waals surface area contributed by atoms with Crippen molar-refractivity contribution in [1.82, 2.24) is 0 Å². The van der Waals surface area contributed by atoms with Crippen molar-refractivity contribution in [3.8, 4) is 12.3 Å². The third-order valence-electron chi connectivity index (χ3n) is 3.41. The second-order valence-electron chi connectivity index (χ2n) is 5.18. The quantitative estimate of drug-likeness (QED) is 0.504. The highest BCUT2D eigenvalue weighted by Crippen LogP contribution is 2.25. The molecule has 0 spiro atoms. The molecule has 0 atom stereocenters. The number of terminal acetylenes is 1. The van der Waals surface area contributed by atoms with Gasteiger partial charge in [0.1, 0.15) is 17.5 Å². The minimum Gasteiger partial charge on any atom is -0.207 e. The lowest BCUT2D eigenvalue weighted by Crippen LogP contribution is -1.90. The Kier molecular flexibility index (Phi) is 5.08. The molecule has 3 heteroatoms. The molecule has 0 aliphatic carbocycles. The minimum absolute atomic E-state index is 0.00290. The van der Waals surface area contributed by atoms with Gasteiger partial charge in [-0.3, -0.25) is 0 Å². The Morgan fingerprint density at radius 1 is 1.09 bits per heavy atom. The summed E-state index contributed by atoms with van der Waals surface area (Å²) in [6.07, 6.45) is 6.55. The van der Waals surface area contributed by atoms with E-state index in [1.807, 2.05) is 0 Å². The van der Waals surface area contributed by atoms with Crippen molar-refractivity contribution in [2.45, 2.75) is 13.8 Å². The topological polar surface area (TPSA) is 0 Å². The van der Waals surface area contributed by atoms with Crippen LogP contribution in [-0.2, 0) is 0 Å². The summed E-state index contributed by atoms with van der Waals surface area (Å²) >= 11 is 0. The molecule has 2 aromatic rings. The van der Waals surface area contributed by atoms with Crippen LogP contribution in [0.25, 0.3) is 11.1 Å². The Labute approximate surface area is 134 Å². The van der Waals surface area contributed by atoms with Gasteiger partial charge in [0.05, 0.1) is 5.57 Å². The van der Waals surface area contributed by atoms with Crippen LogP contribution in [0.4, 0.5) is 13.2 Å². The lowest BCUT2D eigenvalue weighted by atomic mass is 10.0. The van der Waals surface area contributed by atoms with Crippen molar-refractivity contribution in [2.24, 2.45) is 0 Å². The van der Waals surface area contributed by atoms with Crippen LogP contribution in [-0.4, -0.2) is 0 Å². The smallest absolute Gasteiger partial charge is 0.139 e. The van der Waals surface area contributed by atoms with Gasteiger partial charge in [-0.05, 0) is 54.8 Å². The SMILES string of the molecule is C#C/C(=C(F)\C=C(/C)c1ccc(C)cc1F)c1ccc(F)cc1. The predicted octanol–water partition coefficient (Wildman–Crippen LogP) is 5.69. The second kappa shape index (κ2) is 7.02. The molecule has 2 rings (SSSR count). The Hall–Kier alpha value is -2.73. The van der Waals surface area contributed by atoms with Crippen molar-refractivity contribution in [2.75, 3.05) is 0 Å². The minimum atomic E-state index is -0.670. The molecule has 0 unspecified atom stereocenters. The Balaban J connectivity index is 2.45. The Morgan fingerprint density at radius 3 is 2.30 bits per heavy atom. The van der Waals surface area contributed by atoms with E-state index in [9.17, 15) is 13.2 Å². The van der Waals surface area contributed by atoms with E-state index in [1.54, 1.807) is 26.0 Å². The Morgan fingerprint density at radius 2 is 1.74 bits per heavy atom. The van der Waals surface area contributed by atoms with E-state index < -0.39 is 17.5 Å². The third kappa shape index (κ3) is 3.92. The molecule has 23 heavy (non-hydrogen) atoms.